The van der Waals surface area contributed by atoms with Crippen molar-refractivity contribution in [2.24, 2.45) is 5.73 Å². The van der Waals surface area contributed by atoms with Crippen molar-refractivity contribution in [1.82, 2.24) is 0 Å². The molecule has 13 heteroatoms. The molecule has 1 fully saturated rings. The second-order valence-electron chi connectivity index (χ2n) is 12.0. The van der Waals surface area contributed by atoms with Gasteiger partial charge in [0.25, 0.3) is 5.91 Å². The summed E-state index contributed by atoms with van der Waals surface area (Å²) in [5.41, 5.74) is 8.91. The molecule has 2 atom stereocenters. The van der Waals surface area contributed by atoms with Crippen LogP contribution in [0.5, 0.6) is 23.0 Å². The number of ether oxygens (including phenoxy) is 2. The SMILES string of the molecule is CCCS(=O)(=O)Oc1ccc(NC(=O)/[N+](=C2\CCC[N+](C)(Cc3ccc4c(c3)OCO4)C2)[C@@H](Cc2ccc(O)cc2)C(N)=O)cc1. The van der Waals surface area contributed by atoms with Gasteiger partial charge in [-0.3, -0.25) is 4.79 Å². The fraction of sp³-hybridized carbons (Fsp3) is 0.364. The van der Waals surface area contributed by atoms with Gasteiger partial charge in [0.1, 0.15) is 36.0 Å². The summed E-state index contributed by atoms with van der Waals surface area (Å²) in [5, 5.41) is 12.6. The number of primary amides is 1. The Morgan fingerprint density at radius 3 is 2.43 bits per heavy atom. The fourth-order valence-corrected chi connectivity index (χ4v) is 6.96. The van der Waals surface area contributed by atoms with Crippen LogP contribution in [0.2, 0.25) is 0 Å². The summed E-state index contributed by atoms with van der Waals surface area (Å²) in [6.45, 7) is 3.95. The van der Waals surface area contributed by atoms with Gasteiger partial charge in [0.2, 0.25) is 6.79 Å². The summed E-state index contributed by atoms with van der Waals surface area (Å²) >= 11 is 0. The zero-order valence-electron chi connectivity index (χ0n) is 26.0. The highest BCUT2D eigenvalue weighted by atomic mass is 32.2. The Kier molecular flexibility index (Phi) is 9.82. The van der Waals surface area contributed by atoms with Crippen LogP contribution in [0.3, 0.4) is 0 Å². The van der Waals surface area contributed by atoms with Crippen LogP contribution in [-0.4, -0.2) is 79.0 Å². The number of amides is 3. The maximum Gasteiger partial charge on any atom is 0.496 e. The highest BCUT2D eigenvalue weighted by Gasteiger charge is 2.39. The number of phenols is 1. The minimum Gasteiger partial charge on any atom is -0.508 e. The largest absolute Gasteiger partial charge is 0.508 e. The normalized spacial score (nSPS) is 19.3. The Bertz CT molecular complexity index is 1730. The molecule has 1 saturated heterocycles. The maximum atomic E-state index is 14.1. The molecule has 3 aromatic carbocycles. The Morgan fingerprint density at radius 2 is 1.74 bits per heavy atom. The van der Waals surface area contributed by atoms with E-state index in [1.165, 1.54) is 41.0 Å². The fourth-order valence-electron chi connectivity index (χ4n) is 5.97. The van der Waals surface area contributed by atoms with Crippen molar-refractivity contribution in [1.29, 1.82) is 0 Å². The van der Waals surface area contributed by atoms with E-state index in [4.69, 9.17) is 19.4 Å². The molecule has 4 N–H and O–H groups in total. The van der Waals surface area contributed by atoms with E-state index in [-0.39, 0.29) is 30.5 Å². The van der Waals surface area contributed by atoms with Crippen molar-refractivity contribution in [2.75, 3.05) is 38.0 Å². The number of benzene rings is 3. The first-order chi connectivity index (χ1) is 21.9. The third-order valence-electron chi connectivity index (χ3n) is 8.08. The molecule has 0 aliphatic carbocycles. The molecule has 5 rings (SSSR count). The molecule has 2 heterocycles. The number of carbonyl (C=O) groups excluding carboxylic acids is 2. The first-order valence-corrected chi connectivity index (χ1v) is 16.8. The molecule has 0 saturated carbocycles. The number of urea groups is 1. The van der Waals surface area contributed by atoms with Gasteiger partial charge in [-0.25, -0.2) is 5.32 Å². The average Bonchev–Trinajstić information content (AvgIpc) is 3.46. The van der Waals surface area contributed by atoms with Gasteiger partial charge in [0.15, 0.2) is 17.5 Å². The molecule has 0 radical (unpaired) electrons. The Hall–Kier alpha value is -4.62. The van der Waals surface area contributed by atoms with Gasteiger partial charge in [-0.05, 0) is 66.6 Å². The molecule has 1 unspecified atom stereocenters. The molecule has 2 aliphatic rings. The van der Waals surface area contributed by atoms with E-state index >= 15 is 0 Å². The molecule has 0 bridgehead atoms. The van der Waals surface area contributed by atoms with Crippen LogP contribution in [0.25, 0.3) is 0 Å². The van der Waals surface area contributed by atoms with Crippen molar-refractivity contribution in [3.63, 3.8) is 0 Å². The summed E-state index contributed by atoms with van der Waals surface area (Å²) in [6, 6.07) is 16.8. The standard InChI is InChI=1S/C33H38N4O8S/c1-3-17-46(41,42)45-28-13-9-25(10-14-28)35-33(40)36(29(32(34)39)18-23-6-11-27(38)12-7-23)26-5-4-16-37(2,21-26)20-24-8-15-30-31(19-24)44-22-43-30/h6-15,19,29H,3-5,16-18,20-22H2,1-2H3,(H2-2,34,35,38,39,40)/p+2/b36-26+/t29-,37?/m0/s1. The van der Waals surface area contributed by atoms with Crippen molar-refractivity contribution >= 4 is 33.5 Å². The lowest BCUT2D eigenvalue weighted by Crippen LogP contribution is -2.56. The van der Waals surface area contributed by atoms with Crippen molar-refractivity contribution in [2.45, 2.75) is 45.2 Å². The number of fused-ring (bicyclic) bond motifs is 1. The van der Waals surface area contributed by atoms with Gasteiger partial charge < -0.3 is 29.0 Å². The number of nitrogens with two attached hydrogens (primary N) is 1. The summed E-state index contributed by atoms with van der Waals surface area (Å²) in [7, 11) is -1.60. The molecule has 46 heavy (non-hydrogen) atoms. The van der Waals surface area contributed by atoms with Crippen LogP contribution in [0.4, 0.5) is 10.5 Å². The van der Waals surface area contributed by atoms with E-state index in [0.717, 1.165) is 29.8 Å². The van der Waals surface area contributed by atoms with Gasteiger partial charge in [-0.15, -0.1) is 0 Å². The number of piperidine rings is 1. The van der Waals surface area contributed by atoms with Crippen LogP contribution in [-0.2, 0) is 27.9 Å². The predicted molar refractivity (Wildman–Crippen MR) is 172 cm³/mol. The second kappa shape index (κ2) is 13.8. The Balaban J connectivity index is 1.45. The second-order valence-corrected chi connectivity index (χ2v) is 13.7. The minimum atomic E-state index is -3.72. The number of phenolic OH excluding ortho intramolecular Hbond substituents is 1. The summed E-state index contributed by atoms with van der Waals surface area (Å²) in [4.78, 5) is 27.1. The number of rotatable bonds is 11. The van der Waals surface area contributed by atoms with E-state index in [1.807, 2.05) is 18.2 Å². The number of aromatic hydroxyl groups is 1. The van der Waals surface area contributed by atoms with Crippen molar-refractivity contribution in [3.8, 4) is 23.0 Å². The van der Waals surface area contributed by atoms with Crippen LogP contribution in [0.15, 0.2) is 66.7 Å². The van der Waals surface area contributed by atoms with Gasteiger partial charge in [-0.1, -0.05) is 19.1 Å². The highest BCUT2D eigenvalue weighted by Crippen LogP contribution is 2.34. The maximum absolute atomic E-state index is 14.1. The molecule has 3 aromatic rings. The third kappa shape index (κ3) is 8.15. The Morgan fingerprint density at radius 1 is 1.04 bits per heavy atom. The smallest absolute Gasteiger partial charge is 0.496 e. The Labute approximate surface area is 268 Å². The first-order valence-electron chi connectivity index (χ1n) is 15.2. The number of nitrogens with zero attached hydrogens (tertiary/aromatic N) is 2. The molecule has 2 aliphatic heterocycles. The van der Waals surface area contributed by atoms with Gasteiger partial charge in [0.05, 0.1) is 19.3 Å². The number of hydrogen-bond acceptors (Lipinski definition) is 8. The minimum absolute atomic E-state index is 0.0853. The quantitative estimate of drug-likeness (QED) is 0.161. The van der Waals surface area contributed by atoms with Gasteiger partial charge in [0, 0.05) is 24.8 Å². The number of quaternary nitrogens is 1. The molecule has 12 nitrogen and oxygen atoms in total. The highest BCUT2D eigenvalue weighted by molar-refractivity contribution is 7.87. The molecule has 0 spiro atoms. The van der Waals surface area contributed by atoms with Crippen LogP contribution < -0.4 is 24.7 Å². The van der Waals surface area contributed by atoms with Crippen LogP contribution in [0.1, 0.15) is 37.3 Å². The molecule has 0 aromatic heterocycles. The topological polar surface area (TPSA) is 157 Å². The third-order valence-corrected chi connectivity index (χ3v) is 9.43. The van der Waals surface area contributed by atoms with Gasteiger partial charge >= 0.3 is 16.1 Å². The van der Waals surface area contributed by atoms with E-state index in [0.29, 0.717) is 47.6 Å². The number of likely N-dealkylation sites (tertiary alicyclic amines) is 1. The molecule has 244 valence electrons. The summed E-state index contributed by atoms with van der Waals surface area (Å²) in [5.74, 6) is 0.845. The van der Waals surface area contributed by atoms with Crippen molar-refractivity contribution < 1.29 is 45.8 Å². The van der Waals surface area contributed by atoms with Crippen molar-refractivity contribution in [3.05, 3.63) is 77.9 Å². The molecular weight excluding hydrogens is 612 g/mol. The average molecular weight is 653 g/mol. The number of anilines is 1. The first kappa shape index (κ1) is 32.8. The zero-order valence-corrected chi connectivity index (χ0v) is 26.8. The van der Waals surface area contributed by atoms with E-state index < -0.39 is 28.1 Å². The monoisotopic (exact) mass is 652 g/mol. The lowest BCUT2D eigenvalue weighted by molar-refractivity contribution is -0.918. The predicted octanol–water partition coefficient (Wildman–Crippen LogP) is 3.76. The van der Waals surface area contributed by atoms with E-state index in [9.17, 15) is 23.1 Å². The van der Waals surface area contributed by atoms with Gasteiger partial charge in [-0.2, -0.15) is 17.8 Å². The zero-order chi connectivity index (χ0) is 32.9. The van der Waals surface area contributed by atoms with E-state index in [1.54, 1.807) is 19.1 Å². The number of hydrogen-bond donors (Lipinski definition) is 3. The number of carbonyl (C=O) groups is 2. The molecule has 3 amide bonds. The molecular formula is C33H40N4O8S+2. The van der Waals surface area contributed by atoms with Crippen LogP contribution in [0, 0.1) is 0 Å². The lowest BCUT2D eigenvalue weighted by Gasteiger charge is -2.38. The summed E-state index contributed by atoms with van der Waals surface area (Å²) < 4.78 is 42.4. The van der Waals surface area contributed by atoms with E-state index in [2.05, 4.69) is 12.4 Å². The number of nitrogens with one attached hydrogen (secondary N) is 1. The summed E-state index contributed by atoms with van der Waals surface area (Å²) in [6.07, 6.45) is 1.93. The lowest BCUT2D eigenvalue weighted by atomic mass is 10.0. The van der Waals surface area contributed by atoms with Crippen LogP contribution >= 0.6 is 0 Å².